The minimum Gasteiger partial charge on any atom is -0.444 e. The Kier molecular flexibility index (Phi) is 5.36. The van der Waals surface area contributed by atoms with E-state index in [0.29, 0.717) is 16.4 Å². The van der Waals surface area contributed by atoms with Gasteiger partial charge in [-0.15, -0.1) is 0 Å². The number of anilines is 2. The molecule has 4 aromatic carbocycles. The van der Waals surface area contributed by atoms with Gasteiger partial charge < -0.3 is 10.5 Å². The number of carbonyl (C=O) groups is 1. The molecule has 5 heteroatoms. The zero-order chi connectivity index (χ0) is 20.2. The summed E-state index contributed by atoms with van der Waals surface area (Å²) < 4.78 is 5.36. The first-order valence-electron chi connectivity index (χ1n) is 9.16. The number of benzene rings is 4. The van der Waals surface area contributed by atoms with Crippen LogP contribution in [-0.4, -0.2) is 6.09 Å². The number of hydrogen-bond acceptors (Lipinski definition) is 3. The Balaban J connectivity index is 1.67. The molecule has 29 heavy (non-hydrogen) atoms. The normalized spacial score (nSPS) is 10.7. The number of rotatable bonds is 4. The largest absolute Gasteiger partial charge is 0.444 e. The molecular weight excluding hydrogens is 384 g/mol. The van der Waals surface area contributed by atoms with Crippen LogP contribution in [0.3, 0.4) is 0 Å². The number of nitrogens with two attached hydrogens (primary N) is 1. The van der Waals surface area contributed by atoms with Crippen LogP contribution in [0, 0.1) is 0 Å². The van der Waals surface area contributed by atoms with Crippen molar-refractivity contribution in [2.45, 2.75) is 6.61 Å². The van der Waals surface area contributed by atoms with Crippen molar-refractivity contribution in [2.24, 2.45) is 0 Å². The molecule has 0 bridgehead atoms. The average Bonchev–Trinajstić information content (AvgIpc) is 2.74. The van der Waals surface area contributed by atoms with Crippen LogP contribution in [0.1, 0.15) is 5.56 Å². The van der Waals surface area contributed by atoms with E-state index in [1.54, 1.807) is 18.2 Å². The first kappa shape index (κ1) is 18.8. The predicted octanol–water partition coefficient (Wildman–Crippen LogP) is 6.49. The van der Waals surface area contributed by atoms with E-state index in [1.807, 2.05) is 66.7 Å². The molecular formula is C24H19ClN2O2. The SMILES string of the molecule is Nc1ccc2ccccc2c1-c1cc(Cl)ccc1NC(=O)OCc1ccccc1. The van der Waals surface area contributed by atoms with Crippen LogP contribution in [0.15, 0.2) is 84.9 Å². The minimum atomic E-state index is -0.545. The lowest BCUT2D eigenvalue weighted by molar-refractivity contribution is 0.155. The number of hydrogen-bond donors (Lipinski definition) is 2. The first-order chi connectivity index (χ1) is 14.1. The van der Waals surface area contributed by atoms with Gasteiger partial charge >= 0.3 is 6.09 Å². The number of halogens is 1. The van der Waals surface area contributed by atoms with E-state index < -0.39 is 6.09 Å². The zero-order valence-electron chi connectivity index (χ0n) is 15.6. The summed E-state index contributed by atoms with van der Waals surface area (Å²) in [6, 6.07) is 26.6. The highest BCUT2D eigenvalue weighted by Gasteiger charge is 2.15. The summed E-state index contributed by atoms with van der Waals surface area (Å²) in [4.78, 5) is 12.4. The molecule has 0 fully saturated rings. The standard InChI is InChI=1S/C24H19ClN2O2/c25-18-11-13-22(27-24(28)29-15-16-6-2-1-3-7-16)20(14-18)23-19-9-5-4-8-17(19)10-12-21(23)26/h1-14H,15,26H2,(H,27,28). The lowest BCUT2D eigenvalue weighted by Crippen LogP contribution is -2.14. The fraction of sp³-hybridized carbons (Fsp3) is 0.0417. The van der Waals surface area contributed by atoms with Gasteiger partial charge in [0.05, 0.1) is 5.69 Å². The monoisotopic (exact) mass is 402 g/mol. The molecule has 4 nitrogen and oxygen atoms in total. The highest BCUT2D eigenvalue weighted by molar-refractivity contribution is 6.31. The maximum absolute atomic E-state index is 12.4. The molecule has 0 aliphatic rings. The quantitative estimate of drug-likeness (QED) is 0.383. The van der Waals surface area contributed by atoms with Crippen molar-refractivity contribution < 1.29 is 9.53 Å². The molecule has 0 heterocycles. The van der Waals surface area contributed by atoms with Gasteiger partial charge in [0.2, 0.25) is 0 Å². The van der Waals surface area contributed by atoms with Gasteiger partial charge in [0.1, 0.15) is 6.61 Å². The molecule has 4 aromatic rings. The van der Waals surface area contributed by atoms with Crippen LogP contribution >= 0.6 is 11.6 Å². The van der Waals surface area contributed by atoms with Crippen molar-refractivity contribution in [3.8, 4) is 11.1 Å². The molecule has 0 aliphatic carbocycles. The Hall–Kier alpha value is -3.50. The highest BCUT2D eigenvalue weighted by atomic mass is 35.5. The summed E-state index contributed by atoms with van der Waals surface area (Å²) in [5.74, 6) is 0. The summed E-state index contributed by atoms with van der Waals surface area (Å²) in [5, 5.41) is 5.41. The Morgan fingerprint density at radius 2 is 1.69 bits per heavy atom. The Bertz CT molecular complexity index is 1180. The lowest BCUT2D eigenvalue weighted by atomic mass is 9.95. The van der Waals surface area contributed by atoms with Gasteiger partial charge in [-0.2, -0.15) is 0 Å². The zero-order valence-corrected chi connectivity index (χ0v) is 16.3. The predicted molar refractivity (Wildman–Crippen MR) is 119 cm³/mol. The minimum absolute atomic E-state index is 0.187. The summed E-state index contributed by atoms with van der Waals surface area (Å²) in [7, 11) is 0. The number of nitrogens with one attached hydrogen (secondary N) is 1. The Morgan fingerprint density at radius 3 is 2.52 bits per heavy atom. The first-order valence-corrected chi connectivity index (χ1v) is 9.54. The number of nitrogen functional groups attached to an aromatic ring is 1. The molecule has 0 aliphatic heterocycles. The molecule has 3 N–H and O–H groups in total. The smallest absolute Gasteiger partial charge is 0.411 e. The lowest BCUT2D eigenvalue weighted by Gasteiger charge is -2.16. The topological polar surface area (TPSA) is 64.3 Å². The van der Waals surface area contributed by atoms with E-state index in [4.69, 9.17) is 22.1 Å². The molecule has 1 amide bonds. The van der Waals surface area contributed by atoms with Crippen molar-refractivity contribution in [2.75, 3.05) is 11.1 Å². The maximum Gasteiger partial charge on any atom is 0.411 e. The van der Waals surface area contributed by atoms with E-state index in [2.05, 4.69) is 5.32 Å². The van der Waals surface area contributed by atoms with Crippen molar-refractivity contribution >= 4 is 39.8 Å². The van der Waals surface area contributed by atoms with Crippen LogP contribution in [0.25, 0.3) is 21.9 Å². The van der Waals surface area contributed by atoms with E-state index in [1.165, 1.54) is 0 Å². The third-order valence-corrected chi connectivity index (χ3v) is 4.90. The molecule has 0 atom stereocenters. The Morgan fingerprint density at radius 1 is 0.931 bits per heavy atom. The molecule has 4 rings (SSSR count). The fourth-order valence-corrected chi connectivity index (χ4v) is 3.46. The molecule has 144 valence electrons. The van der Waals surface area contributed by atoms with E-state index in [0.717, 1.165) is 27.5 Å². The van der Waals surface area contributed by atoms with Crippen molar-refractivity contribution in [3.63, 3.8) is 0 Å². The van der Waals surface area contributed by atoms with Crippen LogP contribution in [-0.2, 0) is 11.3 Å². The van der Waals surface area contributed by atoms with Crippen LogP contribution in [0.2, 0.25) is 5.02 Å². The van der Waals surface area contributed by atoms with E-state index in [-0.39, 0.29) is 6.61 Å². The van der Waals surface area contributed by atoms with Gasteiger partial charge in [-0.25, -0.2) is 4.79 Å². The maximum atomic E-state index is 12.4. The molecule has 0 saturated carbocycles. The third kappa shape index (κ3) is 4.18. The number of fused-ring (bicyclic) bond motifs is 1. The van der Waals surface area contributed by atoms with Crippen molar-refractivity contribution in [3.05, 3.63) is 95.5 Å². The fourth-order valence-electron chi connectivity index (χ4n) is 3.29. The van der Waals surface area contributed by atoms with Gasteiger partial charge in [0.15, 0.2) is 0 Å². The second-order valence-electron chi connectivity index (χ2n) is 6.63. The van der Waals surface area contributed by atoms with Crippen LogP contribution in [0.4, 0.5) is 16.2 Å². The van der Waals surface area contributed by atoms with Crippen LogP contribution < -0.4 is 11.1 Å². The summed E-state index contributed by atoms with van der Waals surface area (Å²) in [5.41, 5.74) is 9.98. The van der Waals surface area contributed by atoms with Gasteiger partial charge in [0, 0.05) is 21.8 Å². The second-order valence-corrected chi connectivity index (χ2v) is 7.06. The van der Waals surface area contributed by atoms with E-state index >= 15 is 0 Å². The molecule has 0 radical (unpaired) electrons. The summed E-state index contributed by atoms with van der Waals surface area (Å²) in [6.07, 6.45) is -0.545. The van der Waals surface area contributed by atoms with Gasteiger partial charge in [-0.3, -0.25) is 5.32 Å². The molecule has 0 unspecified atom stereocenters. The molecule has 0 aromatic heterocycles. The average molecular weight is 403 g/mol. The van der Waals surface area contributed by atoms with Gasteiger partial charge in [-0.1, -0.05) is 72.3 Å². The van der Waals surface area contributed by atoms with Gasteiger partial charge in [0.25, 0.3) is 0 Å². The van der Waals surface area contributed by atoms with E-state index in [9.17, 15) is 4.79 Å². The summed E-state index contributed by atoms with van der Waals surface area (Å²) >= 11 is 6.26. The second kappa shape index (κ2) is 8.25. The number of carbonyl (C=O) groups excluding carboxylic acids is 1. The molecule has 0 spiro atoms. The number of amides is 1. The van der Waals surface area contributed by atoms with Crippen molar-refractivity contribution in [1.82, 2.24) is 0 Å². The highest BCUT2D eigenvalue weighted by Crippen LogP contribution is 2.39. The molecule has 0 saturated heterocycles. The third-order valence-electron chi connectivity index (χ3n) is 4.66. The van der Waals surface area contributed by atoms with Crippen LogP contribution in [0.5, 0.6) is 0 Å². The summed E-state index contributed by atoms with van der Waals surface area (Å²) in [6.45, 7) is 0.187. The number of ether oxygens (including phenoxy) is 1. The Labute approximate surface area is 173 Å². The van der Waals surface area contributed by atoms with Gasteiger partial charge in [-0.05, 0) is 40.6 Å². The van der Waals surface area contributed by atoms with Crippen molar-refractivity contribution in [1.29, 1.82) is 0 Å².